The quantitative estimate of drug-likeness (QED) is 0.560. The number of para-hydroxylation sites is 1. The lowest BCUT2D eigenvalue weighted by atomic mass is 9.98. The predicted molar refractivity (Wildman–Crippen MR) is 105 cm³/mol. The molecule has 0 aliphatic carbocycles. The number of carboxylic acid groups (broad SMARTS) is 1. The summed E-state index contributed by atoms with van der Waals surface area (Å²) in [5, 5.41) is 9.58. The van der Waals surface area contributed by atoms with E-state index in [1.807, 2.05) is 6.92 Å². The van der Waals surface area contributed by atoms with Crippen LogP contribution in [0.4, 0.5) is 0 Å². The van der Waals surface area contributed by atoms with E-state index in [9.17, 15) is 14.7 Å². The number of benzene rings is 1. The summed E-state index contributed by atoms with van der Waals surface area (Å²) in [6.07, 6.45) is 2.27. The van der Waals surface area contributed by atoms with Crippen molar-refractivity contribution < 1.29 is 24.2 Å². The topological polar surface area (TPSA) is 76.1 Å². The Morgan fingerprint density at radius 2 is 2.08 bits per heavy atom. The van der Waals surface area contributed by atoms with Crippen molar-refractivity contribution in [3.05, 3.63) is 28.7 Å². The minimum absolute atomic E-state index is 0.222. The van der Waals surface area contributed by atoms with E-state index in [4.69, 9.17) is 21.7 Å². The highest BCUT2D eigenvalue weighted by Crippen LogP contribution is 2.39. The number of amides is 1. The molecule has 6 nitrogen and oxygen atoms in total. The van der Waals surface area contributed by atoms with Gasteiger partial charge in [-0.15, -0.1) is 0 Å². The minimum atomic E-state index is -1.06. The highest BCUT2D eigenvalue weighted by atomic mass is 32.2. The molecule has 1 aliphatic rings. The first-order valence-electron chi connectivity index (χ1n) is 8.06. The number of thioether (sulfide) groups is 1. The number of carbonyl (C=O) groups excluding carboxylic acids is 1. The van der Waals surface area contributed by atoms with Crippen molar-refractivity contribution in [2.24, 2.45) is 5.92 Å². The lowest BCUT2D eigenvalue weighted by Gasteiger charge is -2.27. The third-order valence-corrected chi connectivity index (χ3v) is 5.59. The van der Waals surface area contributed by atoms with Crippen molar-refractivity contribution in [2.75, 3.05) is 14.2 Å². The summed E-state index contributed by atoms with van der Waals surface area (Å²) in [4.78, 5) is 26.1. The second kappa shape index (κ2) is 8.55. The van der Waals surface area contributed by atoms with Crippen LogP contribution in [0.1, 0.15) is 25.8 Å². The third kappa shape index (κ3) is 3.86. The summed E-state index contributed by atoms with van der Waals surface area (Å²) in [6.45, 7) is 3.68. The number of rotatable bonds is 7. The summed E-state index contributed by atoms with van der Waals surface area (Å²) < 4.78 is 10.9. The number of nitrogens with zero attached hydrogens (tertiary/aromatic N) is 1. The third-order valence-electron chi connectivity index (χ3n) is 4.26. The summed E-state index contributed by atoms with van der Waals surface area (Å²) in [6, 6.07) is 4.35. The number of ether oxygens (including phenoxy) is 2. The Morgan fingerprint density at radius 3 is 2.62 bits per heavy atom. The molecule has 0 spiro atoms. The summed E-state index contributed by atoms with van der Waals surface area (Å²) >= 11 is 6.38. The Kier molecular flexibility index (Phi) is 6.66. The molecule has 1 amide bonds. The second-order valence-corrected chi connectivity index (χ2v) is 7.48. The lowest BCUT2D eigenvalue weighted by molar-refractivity contribution is -0.147. The van der Waals surface area contributed by atoms with Crippen LogP contribution in [0, 0.1) is 5.92 Å². The van der Waals surface area contributed by atoms with E-state index in [-0.39, 0.29) is 10.2 Å². The van der Waals surface area contributed by atoms with Crippen molar-refractivity contribution in [2.45, 2.75) is 26.3 Å². The average Bonchev–Trinajstić information content (AvgIpc) is 2.88. The first-order chi connectivity index (χ1) is 12.3. The number of hydrogen-bond acceptors (Lipinski definition) is 6. The van der Waals surface area contributed by atoms with Crippen molar-refractivity contribution in [1.29, 1.82) is 0 Å². The normalized spacial score (nSPS) is 18.2. The van der Waals surface area contributed by atoms with Crippen molar-refractivity contribution in [3.8, 4) is 11.5 Å². The predicted octanol–water partition coefficient (Wildman–Crippen LogP) is 3.40. The van der Waals surface area contributed by atoms with Gasteiger partial charge in [-0.05, 0) is 18.1 Å². The Hall–Kier alpha value is -2.06. The maximum absolute atomic E-state index is 12.9. The molecule has 0 unspecified atom stereocenters. The van der Waals surface area contributed by atoms with Crippen LogP contribution in [-0.2, 0) is 9.59 Å². The van der Waals surface area contributed by atoms with Gasteiger partial charge in [-0.1, -0.05) is 56.4 Å². The standard InChI is InChI=1S/C18H21NO5S2/c1-5-10(2)14(17(21)22)19-16(20)13(26-18(19)25)9-11-7-6-8-12(23-3)15(11)24-4/h6-10,14H,5H2,1-4H3,(H,21,22)/b13-9-/t10-,14+/m1/s1. The van der Waals surface area contributed by atoms with Gasteiger partial charge in [-0.2, -0.15) is 0 Å². The zero-order valence-corrected chi connectivity index (χ0v) is 16.6. The molecule has 1 saturated heterocycles. The first-order valence-corrected chi connectivity index (χ1v) is 9.29. The summed E-state index contributed by atoms with van der Waals surface area (Å²) in [5.74, 6) is -0.647. The molecule has 8 heteroatoms. The van der Waals surface area contributed by atoms with E-state index in [1.165, 1.54) is 19.1 Å². The van der Waals surface area contributed by atoms with E-state index < -0.39 is 17.9 Å². The van der Waals surface area contributed by atoms with Gasteiger partial charge in [-0.3, -0.25) is 9.69 Å². The Balaban J connectivity index is 2.43. The number of hydrogen-bond donors (Lipinski definition) is 1. The molecule has 1 aromatic carbocycles. The van der Waals surface area contributed by atoms with E-state index >= 15 is 0 Å². The fraction of sp³-hybridized carbons (Fsp3) is 0.389. The molecule has 0 aromatic heterocycles. The first kappa shape index (κ1) is 20.3. The van der Waals surface area contributed by atoms with Crippen LogP contribution in [0.15, 0.2) is 23.1 Å². The van der Waals surface area contributed by atoms with Crippen molar-refractivity contribution in [3.63, 3.8) is 0 Å². The second-order valence-electron chi connectivity index (χ2n) is 5.80. The maximum Gasteiger partial charge on any atom is 0.327 e. The number of carboxylic acids is 1. The molecule has 0 bridgehead atoms. The molecular formula is C18H21NO5S2. The molecule has 1 N–H and O–H groups in total. The number of carbonyl (C=O) groups is 2. The zero-order valence-electron chi connectivity index (χ0n) is 15.0. The van der Waals surface area contributed by atoms with Gasteiger partial charge < -0.3 is 14.6 Å². The van der Waals surface area contributed by atoms with Crippen molar-refractivity contribution in [1.82, 2.24) is 4.90 Å². The largest absolute Gasteiger partial charge is 0.493 e. The fourth-order valence-electron chi connectivity index (χ4n) is 2.72. The van der Waals surface area contributed by atoms with Gasteiger partial charge in [0.25, 0.3) is 5.91 Å². The van der Waals surface area contributed by atoms with E-state index in [1.54, 1.807) is 31.2 Å². The van der Waals surface area contributed by atoms with Gasteiger partial charge in [-0.25, -0.2) is 4.79 Å². The van der Waals surface area contributed by atoms with E-state index in [0.717, 1.165) is 11.8 Å². The zero-order chi connectivity index (χ0) is 19.4. The number of aliphatic carboxylic acids is 1. The Morgan fingerprint density at radius 1 is 1.38 bits per heavy atom. The van der Waals surface area contributed by atoms with Gasteiger partial charge in [0.1, 0.15) is 10.4 Å². The summed E-state index contributed by atoms with van der Waals surface area (Å²) in [7, 11) is 3.05. The van der Waals surface area contributed by atoms with Gasteiger partial charge in [0.2, 0.25) is 0 Å². The van der Waals surface area contributed by atoms with Crippen LogP contribution in [0.5, 0.6) is 11.5 Å². The van der Waals surface area contributed by atoms with Gasteiger partial charge in [0.15, 0.2) is 11.5 Å². The Bertz CT molecular complexity index is 762. The van der Waals surface area contributed by atoms with Crippen LogP contribution in [-0.4, -0.2) is 46.5 Å². The molecule has 0 radical (unpaired) electrons. The molecule has 1 heterocycles. The van der Waals surface area contributed by atoms with Crippen LogP contribution in [0.25, 0.3) is 6.08 Å². The van der Waals surface area contributed by atoms with Crippen LogP contribution >= 0.6 is 24.0 Å². The summed E-state index contributed by atoms with van der Waals surface area (Å²) in [5.41, 5.74) is 0.655. The highest BCUT2D eigenvalue weighted by Gasteiger charge is 2.42. The van der Waals surface area contributed by atoms with E-state index in [2.05, 4.69) is 0 Å². The van der Waals surface area contributed by atoms with Gasteiger partial charge in [0, 0.05) is 5.56 Å². The average molecular weight is 396 g/mol. The molecular weight excluding hydrogens is 374 g/mol. The molecule has 2 rings (SSSR count). The number of thiocarbonyl (C=S) groups is 1. The monoisotopic (exact) mass is 395 g/mol. The molecule has 1 fully saturated rings. The molecule has 2 atom stereocenters. The maximum atomic E-state index is 12.9. The SMILES string of the molecule is CC[C@@H](C)[C@@H](C(=O)O)N1C(=O)/C(=C/c2cccc(OC)c2OC)SC1=S. The molecule has 140 valence electrons. The fourth-order valence-corrected chi connectivity index (χ4v) is 4.04. The molecule has 0 saturated carbocycles. The lowest BCUT2D eigenvalue weighted by Crippen LogP contribution is -2.47. The minimum Gasteiger partial charge on any atom is -0.493 e. The molecule has 26 heavy (non-hydrogen) atoms. The van der Waals surface area contributed by atoms with Gasteiger partial charge in [0.05, 0.1) is 19.1 Å². The van der Waals surface area contributed by atoms with Gasteiger partial charge >= 0.3 is 5.97 Å². The highest BCUT2D eigenvalue weighted by molar-refractivity contribution is 8.26. The van der Waals surface area contributed by atoms with Crippen LogP contribution < -0.4 is 9.47 Å². The van der Waals surface area contributed by atoms with E-state index in [0.29, 0.717) is 28.4 Å². The molecule has 1 aliphatic heterocycles. The Labute approximate surface area is 162 Å². The number of methoxy groups -OCH3 is 2. The molecule has 1 aromatic rings. The smallest absolute Gasteiger partial charge is 0.327 e. The van der Waals surface area contributed by atoms with Crippen molar-refractivity contribution >= 4 is 46.3 Å². The van der Waals surface area contributed by atoms with Crippen LogP contribution in [0.2, 0.25) is 0 Å². The van der Waals surface area contributed by atoms with Crippen LogP contribution in [0.3, 0.4) is 0 Å².